The normalized spacial score (nSPS) is 24.2. The number of ether oxygens (including phenoxy) is 1. The highest BCUT2D eigenvalue weighted by Crippen LogP contribution is 2.32. The summed E-state index contributed by atoms with van der Waals surface area (Å²) in [4.78, 5) is 2.62. The van der Waals surface area contributed by atoms with Crippen LogP contribution >= 0.6 is 15.9 Å². The van der Waals surface area contributed by atoms with E-state index < -0.39 is 0 Å². The number of anilines is 1. The number of hydrogen-bond acceptors (Lipinski definition) is 3. The molecule has 1 aromatic rings. The van der Waals surface area contributed by atoms with Crippen molar-refractivity contribution >= 4 is 21.6 Å². The molecule has 0 aromatic heterocycles. The molecule has 4 heteroatoms. The molecule has 1 aliphatic carbocycles. The van der Waals surface area contributed by atoms with Crippen LogP contribution in [0.15, 0.2) is 22.7 Å². The summed E-state index contributed by atoms with van der Waals surface area (Å²) in [6, 6.07) is 7.51. The molecule has 0 radical (unpaired) electrons. The third-order valence-corrected chi connectivity index (χ3v) is 4.51. The largest absolute Gasteiger partial charge is 0.497 e. The second-order valence-electron chi connectivity index (χ2n) is 5.20. The molecule has 1 aromatic carbocycles. The molecule has 1 aliphatic heterocycles. The monoisotopic (exact) mass is 310 g/mol. The lowest BCUT2D eigenvalue weighted by atomic mass is 10.2. The predicted molar refractivity (Wildman–Crippen MR) is 77.3 cm³/mol. The quantitative estimate of drug-likeness (QED) is 0.925. The fourth-order valence-electron chi connectivity index (χ4n) is 2.64. The van der Waals surface area contributed by atoms with Crippen molar-refractivity contribution in [2.24, 2.45) is 0 Å². The van der Waals surface area contributed by atoms with Gasteiger partial charge in [-0.15, -0.1) is 0 Å². The van der Waals surface area contributed by atoms with Gasteiger partial charge in [-0.2, -0.15) is 0 Å². The van der Waals surface area contributed by atoms with Gasteiger partial charge in [0, 0.05) is 35.7 Å². The number of rotatable bonds is 4. The Morgan fingerprint density at radius 3 is 2.89 bits per heavy atom. The predicted octanol–water partition coefficient (Wildman–Crippen LogP) is 3.11. The van der Waals surface area contributed by atoms with Crippen LogP contribution in [-0.4, -0.2) is 37.2 Å². The molecular weight excluding hydrogens is 292 g/mol. The summed E-state index contributed by atoms with van der Waals surface area (Å²) in [5.74, 6) is 0.901. The maximum absolute atomic E-state index is 5.27. The Kier molecular flexibility index (Phi) is 3.48. The van der Waals surface area contributed by atoms with Gasteiger partial charge in [-0.3, -0.25) is 4.90 Å². The topological polar surface area (TPSA) is 24.5 Å². The number of hydrogen-bond donors (Lipinski definition) is 1. The summed E-state index contributed by atoms with van der Waals surface area (Å²) >= 11 is 3.59. The standard InChI is InChI=1S/C14H19BrN2O/c1-18-12-4-5-13(15)14(8-12)16-10-6-7-17(9-10)11-2-3-11/h4-5,8,10-11,16H,2-3,6-7,9H2,1H3. The van der Waals surface area contributed by atoms with Gasteiger partial charge in [-0.05, 0) is 47.3 Å². The first-order valence-corrected chi connectivity index (χ1v) is 7.39. The van der Waals surface area contributed by atoms with Crippen LogP contribution in [0.4, 0.5) is 5.69 Å². The van der Waals surface area contributed by atoms with E-state index >= 15 is 0 Å². The van der Waals surface area contributed by atoms with Crippen LogP contribution in [0.5, 0.6) is 5.75 Å². The van der Waals surface area contributed by atoms with Gasteiger partial charge in [0.15, 0.2) is 0 Å². The third-order valence-electron chi connectivity index (χ3n) is 3.82. The molecule has 1 N–H and O–H groups in total. The molecule has 0 amide bonds. The van der Waals surface area contributed by atoms with E-state index in [1.54, 1.807) is 7.11 Å². The van der Waals surface area contributed by atoms with Gasteiger partial charge >= 0.3 is 0 Å². The zero-order chi connectivity index (χ0) is 12.5. The van der Waals surface area contributed by atoms with Crippen LogP contribution in [0.25, 0.3) is 0 Å². The van der Waals surface area contributed by atoms with Crippen molar-refractivity contribution in [2.45, 2.75) is 31.3 Å². The van der Waals surface area contributed by atoms with Crippen molar-refractivity contribution in [2.75, 3.05) is 25.5 Å². The van der Waals surface area contributed by atoms with Crippen LogP contribution in [-0.2, 0) is 0 Å². The lowest BCUT2D eigenvalue weighted by Gasteiger charge is -2.18. The maximum atomic E-state index is 5.27. The Bertz CT molecular complexity index is 434. The van der Waals surface area contributed by atoms with E-state index in [-0.39, 0.29) is 0 Å². The smallest absolute Gasteiger partial charge is 0.121 e. The lowest BCUT2D eigenvalue weighted by molar-refractivity contribution is 0.326. The molecule has 2 fully saturated rings. The van der Waals surface area contributed by atoms with Crippen molar-refractivity contribution in [1.29, 1.82) is 0 Å². The van der Waals surface area contributed by atoms with Gasteiger partial charge in [-0.1, -0.05) is 0 Å². The van der Waals surface area contributed by atoms with Crippen molar-refractivity contribution < 1.29 is 4.74 Å². The number of benzene rings is 1. The van der Waals surface area contributed by atoms with Crippen molar-refractivity contribution in [3.05, 3.63) is 22.7 Å². The van der Waals surface area contributed by atoms with Gasteiger partial charge in [0.2, 0.25) is 0 Å². The van der Waals surface area contributed by atoms with Crippen LogP contribution in [0.2, 0.25) is 0 Å². The lowest BCUT2D eigenvalue weighted by Crippen LogP contribution is -2.27. The van der Waals surface area contributed by atoms with Crippen LogP contribution in [0.3, 0.4) is 0 Å². The average molecular weight is 311 g/mol. The second kappa shape index (κ2) is 5.10. The van der Waals surface area contributed by atoms with E-state index in [0.717, 1.165) is 22.0 Å². The van der Waals surface area contributed by atoms with Gasteiger partial charge in [-0.25, -0.2) is 0 Å². The van der Waals surface area contributed by atoms with Crippen LogP contribution < -0.4 is 10.1 Å². The Morgan fingerprint density at radius 1 is 1.33 bits per heavy atom. The van der Waals surface area contributed by atoms with Crippen molar-refractivity contribution in [1.82, 2.24) is 4.90 Å². The number of nitrogens with one attached hydrogen (secondary N) is 1. The molecule has 98 valence electrons. The number of likely N-dealkylation sites (tertiary alicyclic amines) is 1. The Balaban J connectivity index is 1.65. The molecule has 1 atom stereocenters. The van der Waals surface area contributed by atoms with E-state index in [1.165, 1.54) is 32.4 Å². The maximum Gasteiger partial charge on any atom is 0.121 e. The first kappa shape index (κ1) is 12.3. The molecule has 1 saturated carbocycles. The molecule has 1 saturated heterocycles. The molecule has 3 rings (SSSR count). The van der Waals surface area contributed by atoms with E-state index in [4.69, 9.17) is 4.74 Å². The highest BCUT2D eigenvalue weighted by molar-refractivity contribution is 9.10. The minimum Gasteiger partial charge on any atom is -0.497 e. The molecule has 3 nitrogen and oxygen atoms in total. The molecule has 2 aliphatic rings. The third kappa shape index (κ3) is 2.64. The zero-order valence-electron chi connectivity index (χ0n) is 10.7. The zero-order valence-corrected chi connectivity index (χ0v) is 12.2. The summed E-state index contributed by atoms with van der Waals surface area (Å²) in [7, 11) is 1.71. The fourth-order valence-corrected chi connectivity index (χ4v) is 3.00. The summed E-state index contributed by atoms with van der Waals surface area (Å²) in [6.45, 7) is 2.41. The van der Waals surface area contributed by atoms with Crippen molar-refractivity contribution in [3.8, 4) is 5.75 Å². The molecule has 1 heterocycles. The summed E-state index contributed by atoms with van der Waals surface area (Å²) in [5, 5.41) is 3.63. The SMILES string of the molecule is COc1ccc(Br)c(NC2CCN(C3CC3)C2)c1. The second-order valence-corrected chi connectivity index (χ2v) is 6.06. The first-order valence-electron chi connectivity index (χ1n) is 6.60. The molecule has 1 unspecified atom stereocenters. The minimum atomic E-state index is 0.564. The molecule has 0 bridgehead atoms. The minimum absolute atomic E-state index is 0.564. The van der Waals surface area contributed by atoms with E-state index in [2.05, 4.69) is 32.2 Å². The summed E-state index contributed by atoms with van der Waals surface area (Å²) < 4.78 is 6.38. The van der Waals surface area contributed by atoms with Gasteiger partial charge in [0.1, 0.15) is 5.75 Å². The number of methoxy groups -OCH3 is 1. The van der Waals surface area contributed by atoms with Gasteiger partial charge in [0.25, 0.3) is 0 Å². The highest BCUT2D eigenvalue weighted by atomic mass is 79.9. The number of nitrogens with zero attached hydrogens (tertiary/aromatic N) is 1. The summed E-state index contributed by atoms with van der Waals surface area (Å²) in [6.07, 6.45) is 4.03. The Labute approximate surface area is 117 Å². The van der Waals surface area contributed by atoms with E-state index in [9.17, 15) is 0 Å². The van der Waals surface area contributed by atoms with E-state index in [0.29, 0.717) is 6.04 Å². The molecule has 18 heavy (non-hydrogen) atoms. The van der Waals surface area contributed by atoms with E-state index in [1.807, 2.05) is 12.1 Å². The summed E-state index contributed by atoms with van der Waals surface area (Å²) in [5.41, 5.74) is 1.14. The highest BCUT2D eigenvalue weighted by Gasteiger charge is 2.34. The number of halogens is 1. The van der Waals surface area contributed by atoms with Gasteiger partial charge in [0.05, 0.1) is 12.8 Å². The Morgan fingerprint density at radius 2 is 2.17 bits per heavy atom. The molecular formula is C14H19BrN2O. The first-order chi connectivity index (χ1) is 8.76. The fraction of sp³-hybridized carbons (Fsp3) is 0.571. The van der Waals surface area contributed by atoms with Crippen molar-refractivity contribution in [3.63, 3.8) is 0 Å². The van der Waals surface area contributed by atoms with Gasteiger partial charge < -0.3 is 10.1 Å². The average Bonchev–Trinajstić information content (AvgIpc) is 3.13. The Hall–Kier alpha value is -0.740. The molecule has 0 spiro atoms. The van der Waals surface area contributed by atoms with Crippen LogP contribution in [0.1, 0.15) is 19.3 Å². The van der Waals surface area contributed by atoms with Crippen LogP contribution in [0, 0.1) is 0 Å².